The van der Waals surface area contributed by atoms with Gasteiger partial charge in [-0.2, -0.15) is 0 Å². The molecule has 4 fully saturated rings. The molecule has 0 radical (unpaired) electrons. The van der Waals surface area contributed by atoms with Crippen LogP contribution in [-0.4, -0.2) is 119 Å². The van der Waals surface area contributed by atoms with Crippen molar-refractivity contribution in [1.29, 1.82) is 0 Å². The number of β-lactam (4-membered cyclic amide) rings is 1. The van der Waals surface area contributed by atoms with Crippen LogP contribution in [-0.2, 0) is 28.8 Å². The van der Waals surface area contributed by atoms with Gasteiger partial charge in [0.25, 0.3) is 11.8 Å². The van der Waals surface area contributed by atoms with Gasteiger partial charge < -0.3 is 46.1 Å². The number of nitrogens with zero attached hydrogens (tertiary/aromatic N) is 4. The molecule has 6 heterocycles. The number of nitrogens with two attached hydrogens (primary N) is 1. The average Bonchev–Trinajstić information content (AvgIpc) is 3.51. The third-order valence-corrected chi connectivity index (χ3v) is 11.8. The molecule has 3 amide bonds. The molecule has 0 spiro atoms. The van der Waals surface area contributed by atoms with Crippen molar-refractivity contribution in [3.63, 3.8) is 0 Å². The number of oxime groups is 1. The number of aromatic nitrogens is 1. The molecule has 1 aromatic carbocycles. The normalized spacial score (nSPS) is 26.2. The van der Waals surface area contributed by atoms with Crippen LogP contribution in [0.2, 0.25) is 0 Å². The van der Waals surface area contributed by atoms with Gasteiger partial charge >= 0.3 is 11.9 Å². The minimum atomic E-state index is -1.78. The number of carbonyl (C=O) groups is 5. The van der Waals surface area contributed by atoms with E-state index in [1.807, 2.05) is 0 Å². The average molecular weight is 731 g/mol. The Bertz CT molecular complexity index is 1830. The fourth-order valence-electron chi connectivity index (χ4n) is 6.73. The molecule has 5 aliphatic rings. The van der Waals surface area contributed by atoms with Crippen LogP contribution in [0.4, 0.5) is 10.8 Å². The number of carbonyl (C=O) groups excluding carboxylic acids is 3. The lowest BCUT2D eigenvalue weighted by atomic mass is 9.69. The maximum absolute atomic E-state index is 13.5. The lowest BCUT2D eigenvalue weighted by molar-refractivity contribution is -0.940. The Morgan fingerprint density at radius 2 is 1.82 bits per heavy atom. The van der Waals surface area contributed by atoms with E-state index in [0.717, 1.165) is 11.3 Å². The minimum Gasteiger partial charge on any atom is -0.504 e. The lowest BCUT2D eigenvalue weighted by Gasteiger charge is -2.55. The second kappa shape index (κ2) is 12.8. The summed E-state index contributed by atoms with van der Waals surface area (Å²) in [5, 5.41) is 49.1. The maximum atomic E-state index is 13.5. The maximum Gasteiger partial charge on any atom is 0.352 e. The highest BCUT2D eigenvalue weighted by molar-refractivity contribution is 8.00. The zero-order valence-corrected chi connectivity index (χ0v) is 28.7. The Morgan fingerprint density at radius 1 is 1.14 bits per heavy atom. The van der Waals surface area contributed by atoms with E-state index in [2.05, 4.69) is 20.8 Å². The van der Waals surface area contributed by atoms with Crippen molar-refractivity contribution in [2.75, 3.05) is 43.0 Å². The molecule has 19 heteroatoms. The predicted octanol–water partition coefficient (Wildman–Crippen LogP) is 1.10. The molecule has 1 aromatic heterocycles. The third kappa shape index (κ3) is 6.31. The van der Waals surface area contributed by atoms with E-state index in [-0.39, 0.29) is 33.9 Å². The van der Waals surface area contributed by atoms with Crippen LogP contribution in [0, 0.1) is 5.41 Å². The van der Waals surface area contributed by atoms with Crippen LogP contribution in [0.1, 0.15) is 38.8 Å². The SMILES string of the molecule is CC(C)(O/N=C(\C(=O)N[C@@H]1C(=O)N2C(C(=O)O)=C(C[N+]34CCC(C(=O)Nc5ccc(O)c(O)c5)(CC3)CC4)CS[C@H]12)c1csc(N)n1)C(=O)O. The van der Waals surface area contributed by atoms with Crippen molar-refractivity contribution in [2.45, 2.75) is 50.1 Å². The van der Waals surface area contributed by atoms with Crippen molar-refractivity contribution in [2.24, 2.45) is 10.6 Å². The molecule has 2 atom stereocenters. The zero-order valence-electron chi connectivity index (χ0n) is 27.0. The Labute approximate surface area is 293 Å². The van der Waals surface area contributed by atoms with Crippen LogP contribution in [0.15, 0.2) is 40.0 Å². The summed E-state index contributed by atoms with van der Waals surface area (Å²) in [4.78, 5) is 74.7. The van der Waals surface area contributed by atoms with Gasteiger partial charge in [-0.15, -0.1) is 23.1 Å². The van der Waals surface area contributed by atoms with Crippen LogP contribution >= 0.6 is 23.1 Å². The molecule has 0 saturated carbocycles. The monoisotopic (exact) mass is 730 g/mol. The molecular weight excluding hydrogens is 695 g/mol. The Kier molecular flexibility index (Phi) is 8.94. The van der Waals surface area contributed by atoms with E-state index < -0.39 is 51.9 Å². The Hall–Kier alpha value is -4.88. The number of phenols is 2. The number of anilines is 2. The van der Waals surface area contributed by atoms with E-state index in [0.29, 0.717) is 66.9 Å². The van der Waals surface area contributed by atoms with E-state index in [9.17, 15) is 44.4 Å². The molecule has 2 aromatic rings. The number of piperidine rings is 3. The number of aliphatic carboxylic acids is 2. The lowest BCUT2D eigenvalue weighted by Crippen LogP contribution is -2.71. The second-order valence-corrected chi connectivity index (χ2v) is 15.4. The van der Waals surface area contributed by atoms with Gasteiger partial charge in [-0.1, -0.05) is 5.16 Å². The van der Waals surface area contributed by atoms with Crippen molar-refractivity contribution in [3.05, 3.63) is 40.5 Å². The summed E-state index contributed by atoms with van der Waals surface area (Å²) in [6.45, 7) is 4.78. The number of thioether (sulfide) groups is 1. The summed E-state index contributed by atoms with van der Waals surface area (Å²) >= 11 is 2.34. The van der Waals surface area contributed by atoms with Gasteiger partial charge in [0.1, 0.15) is 29.4 Å². The second-order valence-electron chi connectivity index (χ2n) is 13.4. The molecule has 266 valence electrons. The first-order valence-electron chi connectivity index (χ1n) is 15.7. The number of phenolic OH excluding ortho intramolecular Hbond substituents is 2. The molecule has 4 saturated heterocycles. The molecular formula is C31H36N7O10S2+. The van der Waals surface area contributed by atoms with Crippen LogP contribution in [0.3, 0.4) is 0 Å². The van der Waals surface area contributed by atoms with Crippen molar-refractivity contribution in [3.8, 4) is 11.5 Å². The number of amides is 3. The highest BCUT2D eigenvalue weighted by Crippen LogP contribution is 2.47. The molecule has 2 bridgehead atoms. The number of fused-ring (bicyclic) bond motifs is 4. The smallest absolute Gasteiger partial charge is 0.352 e. The van der Waals surface area contributed by atoms with E-state index in [1.54, 1.807) is 0 Å². The topological polar surface area (TPSA) is 254 Å². The summed E-state index contributed by atoms with van der Waals surface area (Å²) in [5.41, 5.74) is 3.81. The van der Waals surface area contributed by atoms with Gasteiger partial charge in [-0.3, -0.25) is 19.3 Å². The van der Waals surface area contributed by atoms with Gasteiger partial charge in [0, 0.05) is 47.7 Å². The van der Waals surface area contributed by atoms with Crippen LogP contribution in [0.5, 0.6) is 11.5 Å². The summed E-state index contributed by atoms with van der Waals surface area (Å²) in [6, 6.07) is 3.01. The number of rotatable bonds is 11. The Balaban J connectivity index is 1.14. The van der Waals surface area contributed by atoms with Crippen molar-refractivity contribution >= 4 is 69.3 Å². The number of aromatic hydroxyl groups is 2. The number of hydrogen-bond acceptors (Lipinski definition) is 13. The largest absolute Gasteiger partial charge is 0.504 e. The van der Waals surface area contributed by atoms with Crippen LogP contribution < -0.4 is 16.4 Å². The number of quaternary nitrogens is 1. The van der Waals surface area contributed by atoms with Gasteiger partial charge in [-0.25, -0.2) is 14.6 Å². The molecule has 5 aliphatic heterocycles. The standard InChI is InChI=1S/C31H35N7O10S2/c1-30(2,28(46)47)48-36-20(17-14-50-29(32)34-17)23(41)35-21-24(42)37-22(26(43)44)15(13-49-25(21)37)12-38-8-5-31(6-9-38,7-10-38)27(45)33-16-3-4-18(39)19(40)11-16/h3-4,11,14,21,25H,5-10,12-13H2,1-2H3,(H7-,32,33,34,35,36,39,40,41,43,44,45,46,47)/p+1/t21-,25-,31?,38?/m1/s1. The Morgan fingerprint density at radius 3 is 2.40 bits per heavy atom. The quantitative estimate of drug-likeness (QED) is 0.0428. The summed E-state index contributed by atoms with van der Waals surface area (Å²) in [6.07, 6.45) is 1.73. The number of hydrogen-bond donors (Lipinski definition) is 7. The van der Waals surface area contributed by atoms with E-state index in [4.69, 9.17) is 10.6 Å². The zero-order chi connectivity index (χ0) is 36.2. The number of carboxylic acids is 2. The summed E-state index contributed by atoms with van der Waals surface area (Å²) < 4.78 is 0.581. The highest BCUT2D eigenvalue weighted by atomic mass is 32.2. The van der Waals surface area contributed by atoms with Crippen LogP contribution in [0.25, 0.3) is 0 Å². The molecule has 0 unspecified atom stereocenters. The number of thiazole rings is 1. The van der Waals surface area contributed by atoms with E-state index >= 15 is 0 Å². The fourth-order valence-corrected chi connectivity index (χ4v) is 8.61. The molecule has 0 aliphatic carbocycles. The summed E-state index contributed by atoms with van der Waals surface area (Å²) in [5.74, 6) is -4.57. The van der Waals surface area contributed by atoms with Crippen molar-refractivity contribution < 1.29 is 53.7 Å². The highest BCUT2D eigenvalue weighted by Gasteiger charge is 2.57. The first kappa shape index (κ1) is 35.0. The first-order valence-corrected chi connectivity index (χ1v) is 17.6. The number of nitrogens with one attached hydrogen (secondary N) is 2. The predicted molar refractivity (Wildman–Crippen MR) is 180 cm³/mol. The third-order valence-electron chi connectivity index (χ3n) is 9.83. The van der Waals surface area contributed by atoms with Gasteiger partial charge in [-0.05, 0) is 26.0 Å². The summed E-state index contributed by atoms with van der Waals surface area (Å²) in [7, 11) is 0. The first-order chi connectivity index (χ1) is 23.5. The molecule has 17 nitrogen and oxygen atoms in total. The van der Waals surface area contributed by atoms with Gasteiger partial charge in [0.15, 0.2) is 22.3 Å². The molecule has 50 heavy (non-hydrogen) atoms. The van der Waals surface area contributed by atoms with E-state index in [1.165, 1.54) is 54.1 Å². The fraction of sp³-hybridized carbons (Fsp3) is 0.452. The number of benzene rings is 1. The minimum absolute atomic E-state index is 0.0117. The van der Waals surface area contributed by atoms with Gasteiger partial charge in [0.2, 0.25) is 11.5 Å². The molecule has 8 N–H and O–H groups in total. The molecule has 7 rings (SSSR count). The number of carboxylic acid groups (broad SMARTS) is 2. The van der Waals surface area contributed by atoms with Gasteiger partial charge in [0.05, 0.1) is 25.0 Å². The number of nitrogen functional groups attached to an aromatic ring is 1. The van der Waals surface area contributed by atoms with Crippen molar-refractivity contribution in [1.82, 2.24) is 15.2 Å².